The van der Waals surface area contributed by atoms with Crippen molar-refractivity contribution >= 4 is 12.7 Å². The molecular weight excluding hydrogens is 325 g/mol. The number of fused-ring (bicyclic) bond motifs is 3. The van der Waals surface area contributed by atoms with E-state index in [0.29, 0.717) is 16.1 Å². The Labute approximate surface area is 141 Å². The van der Waals surface area contributed by atoms with Gasteiger partial charge in [-0.15, -0.1) is 10.3 Å². The van der Waals surface area contributed by atoms with Crippen LogP contribution >= 0.6 is 7.37 Å². The minimum absolute atomic E-state index is 0.0972. The van der Waals surface area contributed by atoms with Gasteiger partial charge < -0.3 is 9.63 Å². The lowest BCUT2D eigenvalue weighted by Crippen LogP contribution is -2.42. The zero-order chi connectivity index (χ0) is 17.3. The summed E-state index contributed by atoms with van der Waals surface area (Å²) in [4.78, 5) is 0. The average Bonchev–Trinajstić information content (AvgIpc) is 2.55. The van der Waals surface area contributed by atoms with Crippen molar-refractivity contribution in [2.45, 2.75) is 19.6 Å². The normalized spacial score (nSPS) is 20.4. The van der Waals surface area contributed by atoms with Crippen molar-refractivity contribution in [1.29, 1.82) is 0 Å². The molecule has 24 heavy (non-hydrogen) atoms. The van der Waals surface area contributed by atoms with Gasteiger partial charge in [0.15, 0.2) is 0 Å². The number of nitrogens with zero attached hydrogens (tertiary/aromatic N) is 1. The maximum Gasteiger partial charge on any atom is 0.297 e. The second-order valence-corrected chi connectivity index (χ2v) is 8.61. The molecule has 0 amide bonds. The number of hydrogen-bond acceptors (Lipinski definition) is 4. The lowest BCUT2D eigenvalue weighted by atomic mass is 10.0. The molecule has 0 saturated carbocycles. The Hall–Kier alpha value is -1.65. The van der Waals surface area contributed by atoms with Gasteiger partial charge in [0.05, 0.1) is 18.5 Å². The average molecular weight is 346 g/mol. The van der Waals surface area contributed by atoms with Gasteiger partial charge in [0.2, 0.25) is 0 Å². The molecule has 6 heteroatoms. The van der Waals surface area contributed by atoms with E-state index in [4.69, 9.17) is 9.63 Å². The van der Waals surface area contributed by atoms with E-state index in [-0.39, 0.29) is 19.1 Å². The number of hydroxylamine groups is 2. The van der Waals surface area contributed by atoms with Crippen LogP contribution in [0.3, 0.4) is 0 Å². The predicted molar refractivity (Wildman–Crippen MR) is 92.9 cm³/mol. The highest BCUT2D eigenvalue weighted by molar-refractivity contribution is 7.68. The first kappa shape index (κ1) is 17.2. The van der Waals surface area contributed by atoms with E-state index >= 15 is 0 Å². The van der Waals surface area contributed by atoms with E-state index in [9.17, 15) is 9.77 Å². The lowest BCUT2D eigenvalue weighted by Gasteiger charge is -2.37. The fourth-order valence-corrected chi connectivity index (χ4v) is 6.27. The number of benzene rings is 2. The molecule has 2 atom stereocenters. The molecule has 0 spiro atoms. The summed E-state index contributed by atoms with van der Waals surface area (Å²) in [7, 11) is -3.49. The summed E-state index contributed by atoms with van der Waals surface area (Å²) in [6.45, 7) is 3.31. The molecule has 0 aliphatic carbocycles. The van der Waals surface area contributed by atoms with Crippen molar-refractivity contribution in [3.8, 4) is 16.9 Å². The van der Waals surface area contributed by atoms with Crippen LogP contribution in [0.25, 0.3) is 11.1 Å². The van der Waals surface area contributed by atoms with Gasteiger partial charge in [-0.2, -0.15) is 0 Å². The highest BCUT2D eigenvalue weighted by Gasteiger charge is 2.47. The van der Waals surface area contributed by atoms with Crippen molar-refractivity contribution < 1.29 is 19.4 Å². The SMILES string of the molecule is CC(C)C(N([O])CCO)P1(=O)Oc2ccccc2-c2ccccc21. The molecule has 127 valence electrons. The van der Waals surface area contributed by atoms with E-state index in [1.54, 1.807) is 18.2 Å². The minimum Gasteiger partial charge on any atom is -0.438 e. The molecule has 2 unspecified atom stereocenters. The van der Waals surface area contributed by atoms with Gasteiger partial charge in [0.1, 0.15) is 11.5 Å². The summed E-state index contributed by atoms with van der Waals surface area (Å²) >= 11 is 0. The van der Waals surface area contributed by atoms with Crippen LogP contribution in [-0.4, -0.2) is 29.1 Å². The Morgan fingerprint density at radius 1 is 1.08 bits per heavy atom. The summed E-state index contributed by atoms with van der Waals surface area (Å²) in [6.07, 6.45) is 0. The maximum atomic E-state index is 13.9. The van der Waals surface area contributed by atoms with Crippen molar-refractivity contribution in [2.75, 3.05) is 13.2 Å². The summed E-state index contributed by atoms with van der Waals surface area (Å²) in [5.41, 5.74) is 1.72. The molecule has 5 nitrogen and oxygen atoms in total. The van der Waals surface area contributed by atoms with Crippen molar-refractivity contribution in [2.24, 2.45) is 5.92 Å². The molecule has 1 aliphatic heterocycles. The third kappa shape index (κ3) is 2.78. The standard InChI is InChI=1S/C18H21NO4P/c1-13(2)18(19(21)11-12-20)24(22)17-10-6-4-8-15(17)14-7-3-5-9-16(14)23-24/h3-10,13,18,20H,11-12H2,1-2H3. The molecule has 1 N–H and O–H groups in total. The molecule has 0 saturated heterocycles. The number of aliphatic hydroxyl groups excluding tert-OH is 1. The largest absolute Gasteiger partial charge is 0.438 e. The first-order chi connectivity index (χ1) is 11.5. The number of hydrogen-bond donors (Lipinski definition) is 1. The first-order valence-electron chi connectivity index (χ1n) is 8.02. The molecule has 3 rings (SSSR count). The van der Waals surface area contributed by atoms with Gasteiger partial charge in [-0.05, 0) is 23.6 Å². The van der Waals surface area contributed by atoms with Crippen LogP contribution in [0.15, 0.2) is 48.5 Å². The summed E-state index contributed by atoms with van der Waals surface area (Å²) < 4.78 is 19.9. The third-order valence-corrected chi connectivity index (χ3v) is 7.29. The number of aliphatic hydroxyl groups is 1. The van der Waals surface area contributed by atoms with E-state index in [2.05, 4.69) is 0 Å². The lowest BCUT2D eigenvalue weighted by molar-refractivity contribution is -0.181. The molecule has 1 heterocycles. The quantitative estimate of drug-likeness (QED) is 0.666. The highest BCUT2D eigenvalue weighted by Crippen LogP contribution is 2.59. The van der Waals surface area contributed by atoms with Gasteiger partial charge in [0.25, 0.3) is 7.37 Å². The monoisotopic (exact) mass is 346 g/mol. The van der Waals surface area contributed by atoms with Gasteiger partial charge in [-0.1, -0.05) is 50.2 Å². The Morgan fingerprint density at radius 2 is 1.71 bits per heavy atom. The van der Waals surface area contributed by atoms with Crippen LogP contribution in [-0.2, 0) is 9.77 Å². The fraction of sp³-hybridized carbons (Fsp3) is 0.333. The molecule has 2 aromatic carbocycles. The maximum absolute atomic E-state index is 13.9. The highest BCUT2D eigenvalue weighted by atomic mass is 31.2. The number of para-hydroxylation sites is 1. The van der Waals surface area contributed by atoms with Crippen molar-refractivity contribution in [3.05, 3.63) is 48.5 Å². The molecule has 1 radical (unpaired) electrons. The van der Waals surface area contributed by atoms with Crippen molar-refractivity contribution in [3.63, 3.8) is 0 Å². The zero-order valence-electron chi connectivity index (χ0n) is 13.8. The van der Waals surface area contributed by atoms with E-state index in [0.717, 1.165) is 11.1 Å². The second-order valence-electron chi connectivity index (χ2n) is 6.22. The summed E-state index contributed by atoms with van der Waals surface area (Å²) in [5.74, 6) is -0.514. The van der Waals surface area contributed by atoms with Crippen molar-refractivity contribution in [1.82, 2.24) is 5.06 Å². The number of rotatable bonds is 5. The third-order valence-electron chi connectivity index (χ3n) is 4.21. The van der Waals surface area contributed by atoms with Crippen LogP contribution in [0.4, 0.5) is 0 Å². The Morgan fingerprint density at radius 3 is 2.38 bits per heavy atom. The van der Waals surface area contributed by atoms with E-state index in [1.807, 2.05) is 44.2 Å². The summed E-state index contributed by atoms with van der Waals surface area (Å²) in [5, 5.41) is 22.9. The Kier molecular flexibility index (Phi) is 4.79. The molecule has 2 aromatic rings. The second kappa shape index (κ2) is 6.69. The smallest absolute Gasteiger partial charge is 0.297 e. The van der Waals surface area contributed by atoms with E-state index in [1.165, 1.54) is 0 Å². The van der Waals surface area contributed by atoms with Crippen LogP contribution in [0, 0.1) is 5.92 Å². The first-order valence-corrected chi connectivity index (χ1v) is 9.71. The minimum atomic E-state index is -3.49. The van der Waals surface area contributed by atoms with Crippen LogP contribution in [0.1, 0.15) is 13.8 Å². The molecule has 0 aromatic heterocycles. The van der Waals surface area contributed by atoms with Gasteiger partial charge >= 0.3 is 0 Å². The molecule has 0 fully saturated rings. The van der Waals surface area contributed by atoms with Gasteiger partial charge in [-0.3, -0.25) is 4.57 Å². The Bertz CT molecular complexity index is 777. The Balaban J connectivity index is 2.18. The zero-order valence-corrected chi connectivity index (χ0v) is 14.6. The van der Waals surface area contributed by atoms with Gasteiger partial charge in [0, 0.05) is 5.56 Å². The fourth-order valence-electron chi connectivity index (χ4n) is 3.26. The van der Waals surface area contributed by atoms with E-state index < -0.39 is 13.2 Å². The molecule has 0 bridgehead atoms. The molecule has 1 aliphatic rings. The van der Waals surface area contributed by atoms with Crippen LogP contribution in [0.5, 0.6) is 5.75 Å². The van der Waals surface area contributed by atoms with Crippen LogP contribution in [0.2, 0.25) is 0 Å². The predicted octanol–water partition coefficient (Wildman–Crippen LogP) is 3.27. The summed E-state index contributed by atoms with van der Waals surface area (Å²) in [6, 6.07) is 14.8. The van der Waals surface area contributed by atoms with Gasteiger partial charge in [-0.25, -0.2) is 0 Å². The topological polar surface area (TPSA) is 69.7 Å². The molecular formula is C18H21NO4P. The van der Waals surface area contributed by atoms with Crippen LogP contribution < -0.4 is 9.83 Å².